The van der Waals surface area contributed by atoms with Gasteiger partial charge in [-0.2, -0.15) is 0 Å². The van der Waals surface area contributed by atoms with Gasteiger partial charge in [0.2, 0.25) is 0 Å². The second kappa shape index (κ2) is 6.01. The fraction of sp³-hybridized carbons (Fsp3) is 0.571. The molecule has 0 aromatic heterocycles. The van der Waals surface area contributed by atoms with E-state index in [0.717, 1.165) is 11.1 Å². The Bertz CT molecular complexity index is 438. The highest BCUT2D eigenvalue weighted by Crippen LogP contribution is 2.50. The molecule has 0 aliphatic heterocycles. The highest BCUT2D eigenvalue weighted by molar-refractivity contribution is 7.62. The van der Waals surface area contributed by atoms with Gasteiger partial charge < -0.3 is 9.05 Å². The Balaban J connectivity index is 3.24. The lowest BCUT2D eigenvalue weighted by molar-refractivity contribution is 0.150. The van der Waals surface area contributed by atoms with Gasteiger partial charge in [-0.05, 0) is 53.2 Å². The zero-order chi connectivity index (χ0) is 13.9. The summed E-state index contributed by atoms with van der Waals surface area (Å²) in [4.78, 5) is 0. The van der Waals surface area contributed by atoms with Crippen LogP contribution < -0.4 is 5.30 Å². The van der Waals surface area contributed by atoms with Gasteiger partial charge in [0.25, 0.3) is 0 Å². The van der Waals surface area contributed by atoms with Crippen molar-refractivity contribution >= 4 is 12.9 Å². The van der Waals surface area contributed by atoms with Gasteiger partial charge in [-0.3, -0.25) is 4.57 Å². The summed E-state index contributed by atoms with van der Waals surface area (Å²) in [5.74, 6) is 0. The van der Waals surface area contributed by atoms with E-state index >= 15 is 0 Å². The largest absolute Gasteiger partial charge is 0.362 e. The van der Waals surface area contributed by atoms with E-state index in [1.54, 1.807) is 0 Å². The molecule has 0 atom stereocenters. The molecule has 0 heterocycles. The quantitative estimate of drug-likeness (QED) is 0.759. The molecule has 0 unspecified atom stereocenters. The minimum atomic E-state index is -3.25. The Labute approximate surface area is 110 Å². The standard InChI is InChI=1S/C14H23O3P/c1-10(2)16-18(15,17-11(3)4)14-9-12(5)7-8-13(14)6/h7-11H,1-6H3. The summed E-state index contributed by atoms with van der Waals surface area (Å²) in [7, 11) is -3.25. The average molecular weight is 270 g/mol. The first-order valence-electron chi connectivity index (χ1n) is 6.29. The Morgan fingerprint density at radius 2 is 1.50 bits per heavy atom. The van der Waals surface area contributed by atoms with Gasteiger partial charge in [0.1, 0.15) is 0 Å². The van der Waals surface area contributed by atoms with Gasteiger partial charge in [0.15, 0.2) is 0 Å². The van der Waals surface area contributed by atoms with Gasteiger partial charge in [0.05, 0.1) is 17.5 Å². The lowest BCUT2D eigenvalue weighted by atomic mass is 10.2. The molecule has 1 rings (SSSR count). The zero-order valence-electron chi connectivity index (χ0n) is 12.1. The second-order valence-corrected chi connectivity index (χ2v) is 6.99. The average Bonchev–Trinajstić information content (AvgIpc) is 2.19. The monoisotopic (exact) mass is 270 g/mol. The molecule has 0 fully saturated rings. The van der Waals surface area contributed by atoms with Crippen LogP contribution >= 0.6 is 7.60 Å². The molecule has 0 spiro atoms. The lowest BCUT2D eigenvalue weighted by Crippen LogP contribution is -2.19. The van der Waals surface area contributed by atoms with E-state index in [1.165, 1.54) is 0 Å². The van der Waals surface area contributed by atoms with Crippen molar-refractivity contribution in [3.63, 3.8) is 0 Å². The zero-order valence-corrected chi connectivity index (χ0v) is 13.0. The molecule has 18 heavy (non-hydrogen) atoms. The van der Waals surface area contributed by atoms with Gasteiger partial charge in [-0.1, -0.05) is 17.7 Å². The van der Waals surface area contributed by atoms with Crippen LogP contribution in [0.5, 0.6) is 0 Å². The summed E-state index contributed by atoms with van der Waals surface area (Å²) in [6.07, 6.45) is -0.288. The third kappa shape index (κ3) is 3.94. The van der Waals surface area contributed by atoms with Gasteiger partial charge >= 0.3 is 7.60 Å². The van der Waals surface area contributed by atoms with E-state index in [-0.39, 0.29) is 12.2 Å². The van der Waals surface area contributed by atoms with Gasteiger partial charge in [-0.15, -0.1) is 0 Å². The Morgan fingerprint density at radius 3 is 1.94 bits per heavy atom. The third-order valence-corrected chi connectivity index (χ3v) is 4.83. The molecule has 0 aliphatic rings. The molecular formula is C14H23O3P. The first-order valence-corrected chi connectivity index (χ1v) is 7.83. The minimum Gasteiger partial charge on any atom is -0.302 e. The van der Waals surface area contributed by atoms with Crippen LogP contribution in [0.15, 0.2) is 18.2 Å². The van der Waals surface area contributed by atoms with E-state index in [1.807, 2.05) is 59.7 Å². The molecule has 0 bridgehead atoms. The highest BCUT2D eigenvalue weighted by atomic mass is 31.2. The molecular weight excluding hydrogens is 247 g/mol. The number of benzene rings is 1. The molecule has 102 valence electrons. The molecule has 0 radical (unpaired) electrons. The minimum absolute atomic E-state index is 0.144. The summed E-state index contributed by atoms with van der Waals surface area (Å²) >= 11 is 0. The van der Waals surface area contributed by atoms with Gasteiger partial charge in [0, 0.05) is 0 Å². The van der Waals surface area contributed by atoms with Crippen LogP contribution in [0.25, 0.3) is 0 Å². The molecule has 0 saturated carbocycles. The van der Waals surface area contributed by atoms with Crippen molar-refractivity contribution in [3.05, 3.63) is 29.3 Å². The maximum Gasteiger partial charge on any atom is 0.362 e. The molecule has 0 saturated heterocycles. The Morgan fingerprint density at radius 1 is 1.00 bits per heavy atom. The maximum absolute atomic E-state index is 13.0. The number of hydrogen-bond acceptors (Lipinski definition) is 3. The number of hydrogen-bond donors (Lipinski definition) is 0. The topological polar surface area (TPSA) is 35.5 Å². The summed E-state index contributed by atoms with van der Waals surface area (Å²) < 4.78 is 24.2. The van der Waals surface area contributed by atoms with Crippen LogP contribution in [0, 0.1) is 13.8 Å². The van der Waals surface area contributed by atoms with Crippen molar-refractivity contribution < 1.29 is 13.6 Å². The predicted octanol–water partition coefficient (Wildman–Crippen LogP) is 3.97. The fourth-order valence-corrected chi connectivity index (χ4v) is 3.96. The predicted molar refractivity (Wildman–Crippen MR) is 75.6 cm³/mol. The molecule has 4 heteroatoms. The van der Waals surface area contributed by atoms with E-state index in [4.69, 9.17) is 9.05 Å². The smallest absolute Gasteiger partial charge is 0.302 e. The van der Waals surface area contributed by atoms with Crippen molar-refractivity contribution in [2.75, 3.05) is 0 Å². The molecule has 0 aliphatic carbocycles. The summed E-state index contributed by atoms with van der Waals surface area (Å²) in [5.41, 5.74) is 1.99. The first-order chi connectivity index (χ1) is 8.24. The van der Waals surface area contributed by atoms with Crippen LogP contribution in [0.1, 0.15) is 38.8 Å². The first kappa shape index (κ1) is 15.4. The Hall–Kier alpha value is -0.630. The van der Waals surface area contributed by atoms with Crippen molar-refractivity contribution in [3.8, 4) is 0 Å². The van der Waals surface area contributed by atoms with Crippen LogP contribution in [0.2, 0.25) is 0 Å². The van der Waals surface area contributed by atoms with Crippen LogP contribution in [0.4, 0.5) is 0 Å². The van der Waals surface area contributed by atoms with Crippen LogP contribution in [-0.4, -0.2) is 12.2 Å². The second-order valence-electron chi connectivity index (χ2n) is 5.10. The number of aryl methyl sites for hydroxylation is 2. The molecule has 3 nitrogen and oxygen atoms in total. The van der Waals surface area contributed by atoms with Crippen molar-refractivity contribution in [2.24, 2.45) is 0 Å². The van der Waals surface area contributed by atoms with Crippen LogP contribution in [0.3, 0.4) is 0 Å². The summed E-state index contributed by atoms with van der Waals surface area (Å²) in [6, 6.07) is 5.83. The maximum atomic E-state index is 13.0. The molecule has 1 aromatic rings. The molecule has 0 amide bonds. The fourth-order valence-electron chi connectivity index (χ4n) is 1.71. The third-order valence-electron chi connectivity index (χ3n) is 2.36. The Kier molecular flexibility index (Phi) is 5.15. The van der Waals surface area contributed by atoms with Crippen molar-refractivity contribution in [1.29, 1.82) is 0 Å². The van der Waals surface area contributed by atoms with Crippen molar-refractivity contribution in [1.82, 2.24) is 0 Å². The van der Waals surface area contributed by atoms with E-state index < -0.39 is 7.60 Å². The van der Waals surface area contributed by atoms with Crippen molar-refractivity contribution in [2.45, 2.75) is 53.8 Å². The number of rotatable bonds is 5. The van der Waals surface area contributed by atoms with Gasteiger partial charge in [-0.25, -0.2) is 0 Å². The lowest BCUT2D eigenvalue weighted by Gasteiger charge is -2.24. The SMILES string of the molecule is Cc1ccc(C)c(P(=O)(OC(C)C)OC(C)C)c1. The molecule has 1 aromatic carbocycles. The van der Waals surface area contributed by atoms with E-state index in [0.29, 0.717) is 5.30 Å². The van der Waals surface area contributed by atoms with E-state index in [9.17, 15) is 4.57 Å². The normalized spacial score (nSPS) is 12.4. The molecule has 0 N–H and O–H groups in total. The van der Waals surface area contributed by atoms with E-state index in [2.05, 4.69) is 0 Å². The summed E-state index contributed by atoms with van der Waals surface area (Å²) in [5, 5.41) is 0.671. The summed E-state index contributed by atoms with van der Waals surface area (Å²) in [6.45, 7) is 11.3. The highest BCUT2D eigenvalue weighted by Gasteiger charge is 2.31. The van der Waals surface area contributed by atoms with Crippen LogP contribution in [-0.2, 0) is 13.6 Å².